The number of amides is 1. The van der Waals surface area contributed by atoms with E-state index in [1.54, 1.807) is 6.07 Å². The van der Waals surface area contributed by atoms with Crippen LogP contribution in [-0.2, 0) is 23.8 Å². The molecule has 9 heteroatoms. The van der Waals surface area contributed by atoms with Crippen molar-refractivity contribution in [1.82, 2.24) is 15.1 Å². The Morgan fingerprint density at radius 1 is 1.21 bits per heavy atom. The molecule has 0 radical (unpaired) electrons. The zero-order valence-electron chi connectivity index (χ0n) is 14.8. The maximum Gasteiger partial charge on any atom is 0.417 e. The van der Waals surface area contributed by atoms with Crippen molar-refractivity contribution >= 4 is 5.91 Å². The van der Waals surface area contributed by atoms with Gasteiger partial charge in [-0.2, -0.15) is 18.3 Å². The van der Waals surface area contributed by atoms with Crippen molar-refractivity contribution in [2.24, 2.45) is 0 Å². The molecule has 0 spiro atoms. The first-order valence-corrected chi connectivity index (χ1v) is 9.01. The molecule has 0 saturated carbocycles. The van der Waals surface area contributed by atoms with Gasteiger partial charge in [-0.25, -0.2) is 4.68 Å². The van der Waals surface area contributed by atoms with Crippen molar-refractivity contribution in [2.75, 3.05) is 13.2 Å². The molecule has 1 saturated heterocycles. The number of fused-ring (bicyclic) bond motifs is 1. The lowest BCUT2D eigenvalue weighted by atomic mass is 10.1. The van der Waals surface area contributed by atoms with Crippen LogP contribution in [0.1, 0.15) is 39.6 Å². The fraction of sp³-hybridized carbons (Fsp3) is 0.421. The van der Waals surface area contributed by atoms with Gasteiger partial charge in [-0.05, 0) is 37.0 Å². The van der Waals surface area contributed by atoms with Crippen molar-refractivity contribution in [2.45, 2.75) is 37.5 Å². The van der Waals surface area contributed by atoms with E-state index in [1.165, 1.54) is 16.8 Å². The maximum atomic E-state index is 13.2. The van der Waals surface area contributed by atoms with Crippen molar-refractivity contribution < 1.29 is 22.7 Å². The highest BCUT2D eigenvalue weighted by Crippen LogP contribution is 2.32. The summed E-state index contributed by atoms with van der Waals surface area (Å²) in [5, 5.41) is 7.00. The summed E-state index contributed by atoms with van der Waals surface area (Å²) in [5.74, 6) is -0.859. The predicted molar refractivity (Wildman–Crippen MR) is 93.1 cm³/mol. The van der Waals surface area contributed by atoms with E-state index in [1.807, 2.05) is 0 Å². The van der Waals surface area contributed by atoms with Gasteiger partial charge in [-0.1, -0.05) is 12.1 Å². The Bertz CT molecular complexity index is 971. The second-order valence-electron chi connectivity index (χ2n) is 6.98. The second-order valence-corrected chi connectivity index (χ2v) is 6.98. The summed E-state index contributed by atoms with van der Waals surface area (Å²) in [5.41, 5.74) is 0.00985. The average molecular weight is 393 g/mol. The first kappa shape index (κ1) is 18.7. The second kappa shape index (κ2) is 7.05. The summed E-state index contributed by atoms with van der Waals surface area (Å²) < 4.78 is 46.2. The number of carbonyl (C=O) groups excluding carboxylic acids is 1. The molecule has 2 unspecified atom stereocenters. The normalized spacial score (nSPS) is 21.5. The summed E-state index contributed by atoms with van der Waals surface area (Å²) >= 11 is 0. The van der Waals surface area contributed by atoms with E-state index in [9.17, 15) is 22.8 Å². The molecule has 1 N–H and O–H groups in total. The zero-order valence-corrected chi connectivity index (χ0v) is 14.8. The van der Waals surface area contributed by atoms with Crippen LogP contribution in [0.15, 0.2) is 35.1 Å². The number of hydrogen-bond acceptors (Lipinski definition) is 4. The van der Waals surface area contributed by atoms with E-state index in [2.05, 4.69) is 10.4 Å². The molecule has 28 heavy (non-hydrogen) atoms. The van der Waals surface area contributed by atoms with Gasteiger partial charge < -0.3 is 10.1 Å². The molecule has 0 bridgehead atoms. The van der Waals surface area contributed by atoms with Gasteiger partial charge in [0, 0.05) is 6.07 Å². The largest absolute Gasteiger partial charge is 0.417 e. The first-order valence-electron chi connectivity index (χ1n) is 9.01. The van der Waals surface area contributed by atoms with E-state index < -0.39 is 35.3 Å². The number of nitrogens with zero attached hydrogens (tertiary/aromatic N) is 2. The monoisotopic (exact) mass is 393 g/mol. The minimum Gasteiger partial charge on any atom is -0.377 e. The molecule has 1 aromatic heterocycles. The zero-order chi connectivity index (χ0) is 19.9. The van der Waals surface area contributed by atoms with E-state index in [-0.39, 0.29) is 18.8 Å². The van der Waals surface area contributed by atoms with Crippen LogP contribution in [0, 0.1) is 0 Å². The summed E-state index contributed by atoms with van der Waals surface area (Å²) in [6, 6.07) is 4.92. The molecule has 2 heterocycles. The smallest absolute Gasteiger partial charge is 0.377 e. The molecular weight excluding hydrogens is 375 g/mol. The van der Waals surface area contributed by atoms with Crippen LogP contribution >= 0.6 is 0 Å². The number of rotatable bonds is 3. The molecule has 1 fully saturated rings. The Hall–Kier alpha value is -2.68. The Balaban J connectivity index is 1.59. The van der Waals surface area contributed by atoms with Gasteiger partial charge in [0.2, 0.25) is 0 Å². The predicted octanol–water partition coefficient (Wildman–Crippen LogP) is 2.12. The number of benzene rings is 1. The van der Waals surface area contributed by atoms with Crippen molar-refractivity contribution in [3.05, 3.63) is 63.1 Å². The molecule has 1 aliphatic carbocycles. The van der Waals surface area contributed by atoms with Crippen molar-refractivity contribution in [3.63, 3.8) is 0 Å². The lowest BCUT2D eigenvalue weighted by Gasteiger charge is -2.21. The fourth-order valence-electron chi connectivity index (χ4n) is 3.75. The third kappa shape index (κ3) is 3.42. The minimum absolute atomic E-state index is 0.0931. The summed E-state index contributed by atoms with van der Waals surface area (Å²) in [6.45, 7) is 0.243. The highest BCUT2D eigenvalue weighted by molar-refractivity contribution is 5.96. The topological polar surface area (TPSA) is 73.2 Å². The quantitative estimate of drug-likeness (QED) is 0.867. The molecular formula is C19H18F3N3O3. The average Bonchev–Trinajstić information content (AvgIpc) is 3.29. The van der Waals surface area contributed by atoms with E-state index in [0.717, 1.165) is 42.7 Å². The van der Waals surface area contributed by atoms with Crippen molar-refractivity contribution in [1.29, 1.82) is 0 Å². The lowest BCUT2D eigenvalue weighted by Crippen LogP contribution is -2.44. The Kier molecular flexibility index (Phi) is 4.70. The van der Waals surface area contributed by atoms with Gasteiger partial charge in [0.15, 0.2) is 0 Å². The number of alkyl halides is 3. The minimum atomic E-state index is -4.64. The van der Waals surface area contributed by atoms with Crippen LogP contribution in [0.4, 0.5) is 13.2 Å². The maximum absolute atomic E-state index is 13.2. The Morgan fingerprint density at radius 2 is 2.00 bits per heavy atom. The van der Waals surface area contributed by atoms with Crippen LogP contribution in [0.5, 0.6) is 0 Å². The van der Waals surface area contributed by atoms with E-state index >= 15 is 0 Å². The molecule has 2 aliphatic rings. The van der Waals surface area contributed by atoms with Gasteiger partial charge in [-0.15, -0.1) is 0 Å². The standard InChI is InChI=1S/C19H18F3N3O3/c20-19(21,22)13-6-2-1-5-12(13)18(27)23-15-9-28-10-16(15)25-17(26)8-11-4-3-7-14(11)24-25/h1-2,5-6,8,15-16H,3-4,7,9-10H2,(H,23,27). The van der Waals surface area contributed by atoms with E-state index in [0.29, 0.717) is 0 Å². The molecule has 2 aromatic rings. The number of aromatic nitrogens is 2. The third-order valence-electron chi connectivity index (χ3n) is 5.14. The number of halogens is 3. The highest BCUT2D eigenvalue weighted by atomic mass is 19.4. The number of ether oxygens (including phenoxy) is 1. The Labute approximate surface area is 158 Å². The van der Waals surface area contributed by atoms with E-state index in [4.69, 9.17) is 4.74 Å². The summed E-state index contributed by atoms with van der Waals surface area (Å²) in [4.78, 5) is 25.0. The Morgan fingerprint density at radius 3 is 2.79 bits per heavy atom. The lowest BCUT2D eigenvalue weighted by molar-refractivity contribution is -0.137. The molecule has 2 atom stereocenters. The van der Waals surface area contributed by atoms with Gasteiger partial charge in [0.05, 0.1) is 36.1 Å². The van der Waals surface area contributed by atoms with Crippen LogP contribution < -0.4 is 10.9 Å². The number of hydrogen-bond donors (Lipinski definition) is 1. The highest BCUT2D eigenvalue weighted by Gasteiger charge is 2.37. The summed E-state index contributed by atoms with van der Waals surface area (Å²) in [6.07, 6.45) is -2.12. The van der Waals surface area contributed by atoms with Gasteiger partial charge >= 0.3 is 6.18 Å². The molecule has 1 aromatic carbocycles. The van der Waals surface area contributed by atoms with Crippen LogP contribution in [0.3, 0.4) is 0 Å². The van der Waals surface area contributed by atoms with Gasteiger partial charge in [-0.3, -0.25) is 9.59 Å². The first-order chi connectivity index (χ1) is 13.3. The molecule has 1 aliphatic heterocycles. The fourth-order valence-corrected chi connectivity index (χ4v) is 3.75. The number of nitrogens with one attached hydrogen (secondary N) is 1. The van der Waals surface area contributed by atoms with Crippen molar-refractivity contribution in [3.8, 4) is 0 Å². The van der Waals surface area contributed by atoms with Crippen LogP contribution in [0.25, 0.3) is 0 Å². The van der Waals surface area contributed by atoms with Crippen LogP contribution in [-0.4, -0.2) is 34.9 Å². The molecule has 1 amide bonds. The van der Waals surface area contributed by atoms with Gasteiger partial charge in [0.25, 0.3) is 11.5 Å². The van der Waals surface area contributed by atoms with Gasteiger partial charge in [0.1, 0.15) is 6.04 Å². The molecule has 6 nitrogen and oxygen atoms in total. The molecule has 148 valence electrons. The SMILES string of the molecule is O=C(NC1COCC1n1nc2c(cc1=O)CCC2)c1ccccc1C(F)(F)F. The van der Waals surface area contributed by atoms with Crippen LogP contribution in [0.2, 0.25) is 0 Å². The molecule has 4 rings (SSSR count). The number of aryl methyl sites for hydroxylation is 2. The summed E-state index contributed by atoms with van der Waals surface area (Å²) in [7, 11) is 0. The number of carbonyl (C=O) groups is 1. The third-order valence-corrected chi connectivity index (χ3v) is 5.14.